The van der Waals surface area contributed by atoms with Crippen molar-refractivity contribution in [2.24, 2.45) is 0 Å². The van der Waals surface area contributed by atoms with Crippen LogP contribution in [0, 0.1) is 0 Å². The Kier molecular flexibility index (Phi) is 5.19. The fraction of sp³-hybridized carbons (Fsp3) is 0.429. The number of benzene rings is 1. The predicted molar refractivity (Wildman–Crippen MR) is 111 cm³/mol. The molecule has 1 aromatic carbocycles. The van der Waals surface area contributed by atoms with Gasteiger partial charge in [-0.15, -0.1) is 11.3 Å². The second-order valence-corrected chi connectivity index (χ2v) is 8.37. The molecule has 0 fully saturated rings. The highest BCUT2D eigenvalue weighted by molar-refractivity contribution is 7.14. The van der Waals surface area contributed by atoms with E-state index in [0.29, 0.717) is 6.04 Å². The van der Waals surface area contributed by atoms with Crippen LogP contribution in [0.2, 0.25) is 0 Å². The normalized spacial score (nSPS) is 12.0. The molecule has 0 amide bonds. The maximum atomic E-state index is 5.40. The highest BCUT2D eigenvalue weighted by Crippen LogP contribution is 2.36. The Bertz CT molecular complexity index is 915. The van der Waals surface area contributed by atoms with E-state index >= 15 is 0 Å². The molecule has 0 aliphatic heterocycles. The molecule has 3 rings (SSSR count). The van der Waals surface area contributed by atoms with Gasteiger partial charge in [0.05, 0.1) is 18.3 Å². The first kappa shape index (κ1) is 18.6. The molecule has 138 valence electrons. The van der Waals surface area contributed by atoms with Gasteiger partial charge in [0, 0.05) is 22.9 Å². The van der Waals surface area contributed by atoms with Crippen LogP contribution in [0.4, 0.5) is 5.13 Å². The first-order valence-electron chi connectivity index (χ1n) is 9.05. The monoisotopic (exact) mass is 369 g/mol. The number of pyridine rings is 1. The lowest BCUT2D eigenvalue weighted by Gasteiger charge is -2.25. The number of rotatable bonds is 6. The second kappa shape index (κ2) is 7.23. The van der Waals surface area contributed by atoms with Gasteiger partial charge in [-0.25, -0.2) is 9.97 Å². The van der Waals surface area contributed by atoms with E-state index in [1.807, 2.05) is 12.1 Å². The van der Waals surface area contributed by atoms with E-state index in [9.17, 15) is 0 Å². The summed E-state index contributed by atoms with van der Waals surface area (Å²) in [6.07, 6.45) is 1.05. The van der Waals surface area contributed by atoms with Crippen LogP contribution >= 0.6 is 11.3 Å². The summed E-state index contributed by atoms with van der Waals surface area (Å²) in [5, 5.41) is 7.54. The van der Waals surface area contributed by atoms with Crippen molar-refractivity contribution < 1.29 is 4.74 Å². The number of ether oxygens (including phenoxy) is 1. The van der Waals surface area contributed by atoms with Crippen LogP contribution in [0.5, 0.6) is 5.75 Å². The van der Waals surface area contributed by atoms with Crippen LogP contribution in [0.15, 0.2) is 29.6 Å². The molecule has 0 saturated heterocycles. The first-order chi connectivity index (χ1) is 12.3. The number of hydrogen-bond acceptors (Lipinski definition) is 5. The summed E-state index contributed by atoms with van der Waals surface area (Å²) in [5.41, 5.74) is 4.13. The summed E-state index contributed by atoms with van der Waals surface area (Å²) < 4.78 is 5.40. The third-order valence-corrected chi connectivity index (χ3v) is 5.58. The Labute approximate surface area is 159 Å². The molecule has 0 unspecified atom stereocenters. The number of fused-ring (bicyclic) bond motifs is 1. The maximum absolute atomic E-state index is 5.40. The van der Waals surface area contributed by atoms with Gasteiger partial charge < -0.3 is 10.1 Å². The number of hydrogen-bond donors (Lipinski definition) is 1. The zero-order chi connectivity index (χ0) is 18.9. The SMILES string of the molecule is CCC(C)(C)c1cc(-c2csc(NC(C)C)n2)nc2cc(OC)ccc12. The zero-order valence-electron chi connectivity index (χ0n) is 16.4. The van der Waals surface area contributed by atoms with E-state index in [-0.39, 0.29) is 5.41 Å². The van der Waals surface area contributed by atoms with Crippen molar-refractivity contribution in [1.29, 1.82) is 0 Å². The summed E-state index contributed by atoms with van der Waals surface area (Å²) >= 11 is 1.62. The van der Waals surface area contributed by atoms with Crippen LogP contribution in [0.25, 0.3) is 22.3 Å². The minimum absolute atomic E-state index is 0.0551. The van der Waals surface area contributed by atoms with Crippen molar-refractivity contribution in [2.75, 3.05) is 12.4 Å². The molecular weight excluding hydrogens is 342 g/mol. The molecule has 2 heterocycles. The third kappa shape index (κ3) is 3.68. The Morgan fingerprint density at radius 3 is 2.58 bits per heavy atom. The fourth-order valence-electron chi connectivity index (χ4n) is 2.92. The average Bonchev–Trinajstić information content (AvgIpc) is 3.07. The van der Waals surface area contributed by atoms with Crippen LogP contribution in [-0.4, -0.2) is 23.1 Å². The molecule has 3 aromatic rings. The first-order valence-corrected chi connectivity index (χ1v) is 9.93. The lowest BCUT2D eigenvalue weighted by atomic mass is 9.80. The molecule has 0 bridgehead atoms. The van der Waals surface area contributed by atoms with Crippen LogP contribution in [0.1, 0.15) is 46.6 Å². The van der Waals surface area contributed by atoms with Crippen molar-refractivity contribution >= 4 is 27.4 Å². The molecule has 0 atom stereocenters. The van der Waals surface area contributed by atoms with E-state index < -0.39 is 0 Å². The highest BCUT2D eigenvalue weighted by atomic mass is 32.1. The fourth-order valence-corrected chi connectivity index (χ4v) is 3.77. The molecule has 0 aliphatic rings. The number of aromatic nitrogens is 2. The van der Waals surface area contributed by atoms with Crippen LogP contribution in [0.3, 0.4) is 0 Å². The average molecular weight is 370 g/mol. The number of thiazole rings is 1. The van der Waals surface area contributed by atoms with Gasteiger partial charge in [0.2, 0.25) is 0 Å². The van der Waals surface area contributed by atoms with E-state index in [1.54, 1.807) is 18.4 Å². The molecule has 1 N–H and O–H groups in total. The molecule has 0 spiro atoms. The Balaban J connectivity index is 2.17. The van der Waals surface area contributed by atoms with Gasteiger partial charge in [-0.3, -0.25) is 0 Å². The minimum Gasteiger partial charge on any atom is -0.497 e. The zero-order valence-corrected chi connectivity index (χ0v) is 17.2. The molecule has 4 nitrogen and oxygen atoms in total. The minimum atomic E-state index is 0.0551. The van der Waals surface area contributed by atoms with Gasteiger partial charge in [0.15, 0.2) is 5.13 Å². The van der Waals surface area contributed by atoms with E-state index in [4.69, 9.17) is 14.7 Å². The lowest BCUT2D eigenvalue weighted by Crippen LogP contribution is -2.16. The van der Waals surface area contributed by atoms with Gasteiger partial charge >= 0.3 is 0 Å². The predicted octanol–water partition coefficient (Wildman–Crippen LogP) is 5.87. The molecule has 0 saturated carbocycles. The molecule has 2 aromatic heterocycles. The smallest absolute Gasteiger partial charge is 0.183 e. The standard InChI is InChI=1S/C21H27N3OS/c1-7-21(4,5)16-11-18(19-12-26-20(24-19)22-13(2)3)23-17-10-14(25-6)8-9-15(16)17/h8-13H,7H2,1-6H3,(H,22,24). The third-order valence-electron chi connectivity index (χ3n) is 4.81. The second-order valence-electron chi connectivity index (χ2n) is 7.51. The van der Waals surface area contributed by atoms with Crippen molar-refractivity contribution in [2.45, 2.75) is 52.5 Å². The van der Waals surface area contributed by atoms with E-state index in [1.165, 1.54) is 10.9 Å². The summed E-state index contributed by atoms with van der Waals surface area (Å²) in [6.45, 7) is 11.0. The Morgan fingerprint density at radius 2 is 1.92 bits per heavy atom. The van der Waals surface area contributed by atoms with Crippen molar-refractivity contribution in [1.82, 2.24) is 9.97 Å². The molecule has 0 radical (unpaired) electrons. The Morgan fingerprint density at radius 1 is 1.15 bits per heavy atom. The van der Waals surface area contributed by atoms with Gasteiger partial charge in [0.1, 0.15) is 11.4 Å². The lowest BCUT2D eigenvalue weighted by molar-refractivity contribution is 0.415. The number of methoxy groups -OCH3 is 1. The van der Waals surface area contributed by atoms with Crippen molar-refractivity contribution in [3.63, 3.8) is 0 Å². The number of nitrogens with zero attached hydrogens (tertiary/aromatic N) is 2. The summed E-state index contributed by atoms with van der Waals surface area (Å²) in [4.78, 5) is 9.62. The molecular formula is C21H27N3OS. The quantitative estimate of drug-likeness (QED) is 0.590. The van der Waals surface area contributed by atoms with Crippen LogP contribution in [-0.2, 0) is 5.41 Å². The van der Waals surface area contributed by atoms with Gasteiger partial charge in [-0.05, 0) is 49.4 Å². The van der Waals surface area contributed by atoms with Crippen LogP contribution < -0.4 is 10.1 Å². The Hall–Kier alpha value is -2.14. The van der Waals surface area contributed by atoms with Crippen molar-refractivity contribution in [3.05, 3.63) is 35.2 Å². The van der Waals surface area contributed by atoms with E-state index in [2.05, 4.69) is 57.4 Å². The molecule has 5 heteroatoms. The number of anilines is 1. The van der Waals surface area contributed by atoms with E-state index in [0.717, 1.165) is 34.2 Å². The largest absolute Gasteiger partial charge is 0.497 e. The highest BCUT2D eigenvalue weighted by Gasteiger charge is 2.23. The van der Waals surface area contributed by atoms with Gasteiger partial charge in [-0.1, -0.05) is 20.8 Å². The number of nitrogens with one attached hydrogen (secondary N) is 1. The van der Waals surface area contributed by atoms with Crippen molar-refractivity contribution in [3.8, 4) is 17.1 Å². The topological polar surface area (TPSA) is 47.0 Å². The summed E-state index contributed by atoms with van der Waals surface area (Å²) in [7, 11) is 1.69. The van der Waals surface area contributed by atoms with Gasteiger partial charge in [0.25, 0.3) is 0 Å². The summed E-state index contributed by atoms with van der Waals surface area (Å²) in [5.74, 6) is 0.822. The molecule has 0 aliphatic carbocycles. The summed E-state index contributed by atoms with van der Waals surface area (Å²) in [6, 6.07) is 8.69. The maximum Gasteiger partial charge on any atom is 0.183 e. The van der Waals surface area contributed by atoms with Gasteiger partial charge in [-0.2, -0.15) is 0 Å². The molecule has 26 heavy (non-hydrogen) atoms.